The summed E-state index contributed by atoms with van der Waals surface area (Å²) in [5.41, 5.74) is 11.3. The molecule has 0 fully saturated rings. The second-order valence-corrected chi connectivity index (χ2v) is 5.00. The molecule has 0 spiro atoms. The van der Waals surface area contributed by atoms with Crippen molar-refractivity contribution in [2.75, 3.05) is 24.3 Å². The third-order valence-corrected chi connectivity index (χ3v) is 3.39. The van der Waals surface area contributed by atoms with E-state index in [9.17, 15) is 9.18 Å². The lowest BCUT2D eigenvalue weighted by molar-refractivity contribution is 0.101. The number of rotatable bonds is 5. The lowest BCUT2D eigenvalue weighted by Crippen LogP contribution is -2.07. The number of Topliss-reactive ketones (excluding diaryl/α,β-unsaturated/α-hetero) is 1. The van der Waals surface area contributed by atoms with Crippen molar-refractivity contribution < 1.29 is 13.9 Å². The molecule has 0 saturated heterocycles. The van der Waals surface area contributed by atoms with Gasteiger partial charge >= 0.3 is 0 Å². The highest BCUT2D eigenvalue weighted by atomic mass is 32.2. The molecule has 0 aliphatic heterocycles. The zero-order chi connectivity index (χ0) is 15.4. The van der Waals surface area contributed by atoms with Crippen LogP contribution in [0.5, 0.6) is 5.75 Å². The molecule has 0 bridgehead atoms. The molecule has 8 heteroatoms. The van der Waals surface area contributed by atoms with E-state index in [1.807, 2.05) is 0 Å². The predicted octanol–water partition coefficient (Wildman–Crippen LogP) is 1.76. The van der Waals surface area contributed by atoms with Crippen molar-refractivity contribution in [3.8, 4) is 5.75 Å². The molecule has 1 aromatic heterocycles. The highest BCUT2D eigenvalue weighted by Gasteiger charge is 2.15. The Morgan fingerprint density at radius 3 is 2.57 bits per heavy atom. The quantitative estimate of drug-likeness (QED) is 0.492. The number of benzene rings is 1. The van der Waals surface area contributed by atoms with E-state index in [4.69, 9.17) is 16.2 Å². The minimum Gasteiger partial charge on any atom is -0.496 e. The maximum absolute atomic E-state index is 13.2. The first-order chi connectivity index (χ1) is 9.99. The minimum absolute atomic E-state index is 0.0166. The molecular formula is C13H13FN4O2S. The fourth-order valence-corrected chi connectivity index (χ4v) is 2.39. The van der Waals surface area contributed by atoms with E-state index in [0.29, 0.717) is 5.75 Å². The molecule has 2 aromatic rings. The molecule has 0 aliphatic rings. The number of nitrogens with zero attached hydrogens (tertiary/aromatic N) is 2. The Bertz CT molecular complexity index is 661. The first-order valence-corrected chi connectivity index (χ1v) is 6.87. The standard InChI is InChI=1S/C13H13FN4O2S/c1-20-10-3-2-7(14)4-8(10)9(19)6-21-13-17-11(15)5-12(16)18-13/h2-5H,6H2,1H3,(H4,15,16,17,18). The molecule has 1 aromatic carbocycles. The van der Waals surface area contributed by atoms with E-state index in [2.05, 4.69) is 9.97 Å². The first kappa shape index (κ1) is 15.0. The van der Waals surface area contributed by atoms with Gasteiger partial charge in [0.2, 0.25) is 0 Å². The lowest BCUT2D eigenvalue weighted by atomic mass is 10.1. The Balaban J connectivity index is 2.13. The summed E-state index contributed by atoms with van der Waals surface area (Å²) in [6.07, 6.45) is 0. The number of ketones is 1. The monoisotopic (exact) mass is 308 g/mol. The number of anilines is 2. The van der Waals surface area contributed by atoms with Gasteiger partial charge < -0.3 is 16.2 Å². The first-order valence-electron chi connectivity index (χ1n) is 5.89. The molecule has 6 nitrogen and oxygen atoms in total. The molecule has 0 atom stereocenters. The number of carbonyl (C=O) groups excluding carboxylic acids is 1. The van der Waals surface area contributed by atoms with E-state index in [0.717, 1.165) is 17.8 Å². The summed E-state index contributed by atoms with van der Waals surface area (Å²) < 4.78 is 18.3. The Labute approximate surface area is 124 Å². The maximum Gasteiger partial charge on any atom is 0.191 e. The number of thioether (sulfide) groups is 1. The van der Waals surface area contributed by atoms with E-state index < -0.39 is 5.82 Å². The number of methoxy groups -OCH3 is 1. The second-order valence-electron chi connectivity index (χ2n) is 4.06. The summed E-state index contributed by atoms with van der Waals surface area (Å²) in [7, 11) is 1.42. The van der Waals surface area contributed by atoms with Crippen LogP contribution in [0.15, 0.2) is 29.4 Å². The van der Waals surface area contributed by atoms with Crippen LogP contribution in [-0.2, 0) is 0 Å². The van der Waals surface area contributed by atoms with E-state index >= 15 is 0 Å². The van der Waals surface area contributed by atoms with Crippen molar-refractivity contribution in [1.82, 2.24) is 9.97 Å². The van der Waals surface area contributed by atoms with Crippen LogP contribution in [0.3, 0.4) is 0 Å². The molecule has 1 heterocycles. The molecule has 4 N–H and O–H groups in total. The van der Waals surface area contributed by atoms with E-state index in [1.165, 1.54) is 25.3 Å². The van der Waals surface area contributed by atoms with Gasteiger partial charge in [0, 0.05) is 6.07 Å². The number of aromatic nitrogens is 2. The van der Waals surface area contributed by atoms with Gasteiger partial charge in [0.05, 0.1) is 18.4 Å². The molecule has 21 heavy (non-hydrogen) atoms. The smallest absolute Gasteiger partial charge is 0.191 e. The molecule has 0 unspecified atom stereocenters. The minimum atomic E-state index is -0.506. The van der Waals surface area contributed by atoms with Crippen LogP contribution in [0, 0.1) is 5.82 Å². The second kappa shape index (κ2) is 6.40. The Morgan fingerprint density at radius 1 is 1.29 bits per heavy atom. The molecule has 0 aliphatic carbocycles. The zero-order valence-electron chi connectivity index (χ0n) is 11.2. The summed E-state index contributed by atoms with van der Waals surface area (Å²) in [6, 6.07) is 5.18. The Morgan fingerprint density at radius 2 is 1.95 bits per heavy atom. The number of halogens is 1. The summed E-state index contributed by atoms with van der Waals surface area (Å²) in [5.74, 6) is -0.0333. The summed E-state index contributed by atoms with van der Waals surface area (Å²) in [6.45, 7) is 0. The van der Waals surface area contributed by atoms with Crippen LogP contribution >= 0.6 is 11.8 Å². The van der Waals surface area contributed by atoms with Gasteiger partial charge in [-0.2, -0.15) is 0 Å². The third kappa shape index (κ3) is 3.82. The van der Waals surface area contributed by atoms with Crippen molar-refractivity contribution >= 4 is 29.2 Å². The normalized spacial score (nSPS) is 10.4. The van der Waals surface area contributed by atoms with Gasteiger partial charge in [-0.15, -0.1) is 0 Å². The molecule has 0 radical (unpaired) electrons. The van der Waals surface area contributed by atoms with Gasteiger partial charge in [0.25, 0.3) is 0 Å². The van der Waals surface area contributed by atoms with Crippen molar-refractivity contribution in [3.63, 3.8) is 0 Å². The van der Waals surface area contributed by atoms with E-state index in [1.54, 1.807) is 0 Å². The number of nitrogens with two attached hydrogens (primary N) is 2. The average Bonchev–Trinajstić information content (AvgIpc) is 2.43. The highest BCUT2D eigenvalue weighted by molar-refractivity contribution is 7.99. The van der Waals surface area contributed by atoms with Crippen molar-refractivity contribution in [1.29, 1.82) is 0 Å². The summed E-state index contributed by atoms with van der Waals surface area (Å²) in [5, 5.41) is 0.288. The number of carbonyl (C=O) groups is 1. The Kier molecular flexibility index (Phi) is 4.59. The van der Waals surface area contributed by atoms with Gasteiger partial charge in [-0.05, 0) is 18.2 Å². The fourth-order valence-electron chi connectivity index (χ4n) is 1.63. The fraction of sp³-hybridized carbons (Fsp3) is 0.154. The summed E-state index contributed by atoms with van der Waals surface area (Å²) in [4.78, 5) is 20.0. The molecule has 0 saturated carbocycles. The van der Waals surface area contributed by atoms with Crippen LogP contribution in [0.1, 0.15) is 10.4 Å². The Hall–Kier alpha value is -2.35. The number of nitrogen functional groups attached to an aromatic ring is 2. The van der Waals surface area contributed by atoms with Crippen molar-refractivity contribution in [2.45, 2.75) is 5.16 Å². The number of hydrogen-bond donors (Lipinski definition) is 2. The van der Waals surface area contributed by atoms with Crippen molar-refractivity contribution in [2.24, 2.45) is 0 Å². The average molecular weight is 308 g/mol. The van der Waals surface area contributed by atoms with Crippen molar-refractivity contribution in [3.05, 3.63) is 35.6 Å². The number of hydrogen-bond acceptors (Lipinski definition) is 7. The topological polar surface area (TPSA) is 104 Å². The van der Waals surface area contributed by atoms with Gasteiger partial charge in [-0.1, -0.05) is 11.8 Å². The zero-order valence-corrected chi connectivity index (χ0v) is 12.0. The van der Waals surface area contributed by atoms with E-state index in [-0.39, 0.29) is 33.9 Å². The molecule has 0 amide bonds. The third-order valence-electron chi connectivity index (χ3n) is 2.54. The van der Waals surface area contributed by atoms with Gasteiger partial charge in [-0.3, -0.25) is 4.79 Å². The van der Waals surface area contributed by atoms with Gasteiger partial charge in [0.15, 0.2) is 10.9 Å². The SMILES string of the molecule is COc1ccc(F)cc1C(=O)CSc1nc(N)cc(N)n1. The molecular weight excluding hydrogens is 295 g/mol. The van der Waals surface area contributed by atoms with Gasteiger partial charge in [0.1, 0.15) is 23.2 Å². The maximum atomic E-state index is 13.2. The molecule has 2 rings (SSSR count). The van der Waals surface area contributed by atoms with Crippen LogP contribution in [-0.4, -0.2) is 28.6 Å². The predicted molar refractivity (Wildman–Crippen MR) is 78.9 cm³/mol. The van der Waals surface area contributed by atoms with Gasteiger partial charge in [-0.25, -0.2) is 14.4 Å². The van der Waals surface area contributed by atoms with Crippen LogP contribution in [0.25, 0.3) is 0 Å². The lowest BCUT2D eigenvalue weighted by Gasteiger charge is -2.07. The van der Waals surface area contributed by atoms with Crippen LogP contribution < -0.4 is 16.2 Å². The molecule has 110 valence electrons. The number of ether oxygens (including phenoxy) is 1. The summed E-state index contributed by atoms with van der Waals surface area (Å²) >= 11 is 1.07. The van der Waals surface area contributed by atoms with Crippen LogP contribution in [0.2, 0.25) is 0 Å². The highest BCUT2D eigenvalue weighted by Crippen LogP contribution is 2.23. The van der Waals surface area contributed by atoms with Crippen LogP contribution in [0.4, 0.5) is 16.0 Å². The largest absolute Gasteiger partial charge is 0.496 e.